The minimum absolute atomic E-state index is 0.0739. The van der Waals surface area contributed by atoms with E-state index in [4.69, 9.17) is 14.2 Å². The normalized spacial score (nSPS) is 14.1. The Bertz CT molecular complexity index is 971. The first-order chi connectivity index (χ1) is 15.1. The number of hydrogen-bond donors (Lipinski definition) is 0. The average Bonchev–Trinajstić information content (AvgIpc) is 2.82. The Labute approximate surface area is 183 Å². The monoisotopic (exact) mass is 421 g/mol. The zero-order chi connectivity index (χ0) is 22.2. The van der Waals surface area contributed by atoms with Crippen LogP contribution in [-0.2, 0) is 4.79 Å². The Morgan fingerprint density at radius 3 is 2.35 bits per heavy atom. The molecule has 1 fully saturated rings. The lowest BCUT2D eigenvalue weighted by atomic mass is 10.1. The largest absolute Gasteiger partial charge is 0.497 e. The first-order valence-corrected chi connectivity index (χ1v) is 10.2. The molecule has 2 aromatic carbocycles. The van der Waals surface area contributed by atoms with Crippen LogP contribution in [0, 0.1) is 11.3 Å². The molecule has 1 amide bonds. The molecule has 1 heterocycles. The van der Waals surface area contributed by atoms with E-state index in [-0.39, 0.29) is 11.5 Å². The average molecular weight is 421 g/mol. The highest BCUT2D eigenvalue weighted by Gasteiger charge is 2.24. The van der Waals surface area contributed by atoms with E-state index in [1.807, 2.05) is 37.3 Å². The topological polar surface area (TPSA) is 75.0 Å². The van der Waals surface area contributed by atoms with Crippen LogP contribution in [-0.4, -0.2) is 57.8 Å². The molecule has 1 saturated heterocycles. The molecule has 1 aliphatic heterocycles. The fraction of sp³-hybridized carbons (Fsp3) is 0.333. The Hall–Kier alpha value is -3.66. The minimum atomic E-state index is -0.277. The number of anilines is 1. The zero-order valence-electron chi connectivity index (χ0n) is 18.1. The molecule has 2 aromatic rings. The Morgan fingerprint density at radius 1 is 1.06 bits per heavy atom. The van der Waals surface area contributed by atoms with Gasteiger partial charge in [-0.05, 0) is 43.3 Å². The van der Waals surface area contributed by atoms with Gasteiger partial charge in [0.1, 0.15) is 17.4 Å². The second-order valence-corrected chi connectivity index (χ2v) is 6.96. The van der Waals surface area contributed by atoms with Crippen LogP contribution in [0.1, 0.15) is 12.5 Å². The second-order valence-electron chi connectivity index (χ2n) is 6.96. The lowest BCUT2D eigenvalue weighted by Crippen LogP contribution is -2.49. The molecule has 7 nitrogen and oxygen atoms in total. The van der Waals surface area contributed by atoms with Crippen molar-refractivity contribution in [3.05, 3.63) is 53.6 Å². The maximum absolute atomic E-state index is 13.0. The summed E-state index contributed by atoms with van der Waals surface area (Å²) in [5, 5.41) is 9.64. The van der Waals surface area contributed by atoms with Gasteiger partial charge in [-0.1, -0.05) is 12.1 Å². The first-order valence-electron chi connectivity index (χ1n) is 10.2. The van der Waals surface area contributed by atoms with Gasteiger partial charge in [-0.25, -0.2) is 0 Å². The summed E-state index contributed by atoms with van der Waals surface area (Å²) in [6.45, 7) is 4.85. The van der Waals surface area contributed by atoms with E-state index in [0.29, 0.717) is 49.8 Å². The highest BCUT2D eigenvalue weighted by Crippen LogP contribution is 2.32. The molecule has 1 aliphatic rings. The molecular weight excluding hydrogens is 394 g/mol. The van der Waals surface area contributed by atoms with Gasteiger partial charge >= 0.3 is 0 Å². The van der Waals surface area contributed by atoms with E-state index >= 15 is 0 Å². The van der Waals surface area contributed by atoms with Gasteiger partial charge in [-0.3, -0.25) is 4.79 Å². The van der Waals surface area contributed by atoms with Crippen LogP contribution in [0.5, 0.6) is 17.2 Å². The van der Waals surface area contributed by atoms with E-state index in [9.17, 15) is 10.1 Å². The molecule has 0 spiro atoms. The molecule has 0 saturated carbocycles. The van der Waals surface area contributed by atoms with Crippen molar-refractivity contribution in [2.24, 2.45) is 0 Å². The molecule has 0 atom stereocenters. The zero-order valence-corrected chi connectivity index (χ0v) is 18.1. The Morgan fingerprint density at radius 2 is 1.77 bits per heavy atom. The van der Waals surface area contributed by atoms with Crippen molar-refractivity contribution in [3.8, 4) is 23.3 Å². The third-order valence-corrected chi connectivity index (χ3v) is 5.17. The predicted octanol–water partition coefficient (Wildman–Crippen LogP) is 3.36. The standard InChI is InChI=1S/C24H27N3O4/c1-4-31-22-7-5-6-18(23(22)30-3)16-19(17-25)24(28)27-14-12-26(13-15-27)20-8-10-21(29-2)11-9-20/h5-11,16H,4,12-15H2,1-3H3/b19-16+. The van der Waals surface area contributed by atoms with Gasteiger partial charge in [0.05, 0.1) is 20.8 Å². The molecule has 7 heteroatoms. The maximum atomic E-state index is 13.0. The number of piperazine rings is 1. The summed E-state index contributed by atoms with van der Waals surface area (Å²) in [7, 11) is 3.18. The van der Waals surface area contributed by atoms with Gasteiger partial charge in [0, 0.05) is 37.4 Å². The number of ether oxygens (including phenoxy) is 3. The van der Waals surface area contributed by atoms with Crippen LogP contribution >= 0.6 is 0 Å². The summed E-state index contributed by atoms with van der Waals surface area (Å²) in [4.78, 5) is 16.9. The van der Waals surface area contributed by atoms with E-state index < -0.39 is 0 Å². The number of nitriles is 1. The SMILES string of the molecule is CCOc1cccc(/C=C(\C#N)C(=O)N2CCN(c3ccc(OC)cc3)CC2)c1OC. The van der Waals surface area contributed by atoms with Gasteiger partial charge in [0.2, 0.25) is 0 Å². The maximum Gasteiger partial charge on any atom is 0.264 e. The first kappa shape index (κ1) is 22.0. The number of nitrogens with zero attached hydrogens (tertiary/aromatic N) is 3. The Balaban J connectivity index is 1.72. The quantitative estimate of drug-likeness (QED) is 0.504. The molecule has 0 bridgehead atoms. The molecule has 162 valence electrons. The fourth-order valence-electron chi connectivity index (χ4n) is 3.56. The number of amides is 1. The fourth-order valence-corrected chi connectivity index (χ4v) is 3.56. The lowest BCUT2D eigenvalue weighted by molar-refractivity contribution is -0.126. The van der Waals surface area contributed by atoms with Gasteiger partial charge < -0.3 is 24.0 Å². The molecule has 3 rings (SSSR count). The summed E-state index contributed by atoms with van der Waals surface area (Å²) in [5.41, 5.74) is 1.79. The summed E-state index contributed by atoms with van der Waals surface area (Å²) in [6, 6.07) is 15.3. The summed E-state index contributed by atoms with van der Waals surface area (Å²) in [5.74, 6) is 1.62. The van der Waals surface area contributed by atoms with Crippen molar-refractivity contribution in [1.29, 1.82) is 5.26 Å². The van der Waals surface area contributed by atoms with E-state index in [2.05, 4.69) is 11.0 Å². The number of para-hydroxylation sites is 1. The van der Waals surface area contributed by atoms with E-state index in [1.54, 1.807) is 37.3 Å². The third kappa shape index (κ3) is 5.10. The molecule has 0 radical (unpaired) electrons. The highest BCUT2D eigenvalue weighted by molar-refractivity contribution is 6.02. The number of carbonyl (C=O) groups excluding carboxylic acids is 1. The number of benzene rings is 2. The summed E-state index contributed by atoms with van der Waals surface area (Å²) in [6.07, 6.45) is 1.57. The third-order valence-electron chi connectivity index (χ3n) is 5.17. The number of rotatable bonds is 7. The highest BCUT2D eigenvalue weighted by atomic mass is 16.5. The van der Waals surface area contributed by atoms with Crippen LogP contribution < -0.4 is 19.1 Å². The summed E-state index contributed by atoms with van der Waals surface area (Å²) >= 11 is 0. The molecule has 0 unspecified atom stereocenters. The van der Waals surface area contributed by atoms with Crippen LogP contribution in [0.2, 0.25) is 0 Å². The summed E-state index contributed by atoms with van der Waals surface area (Å²) < 4.78 is 16.2. The van der Waals surface area contributed by atoms with Gasteiger partial charge in [-0.15, -0.1) is 0 Å². The molecule has 0 aromatic heterocycles. The van der Waals surface area contributed by atoms with E-state index in [1.165, 1.54) is 0 Å². The van der Waals surface area contributed by atoms with Gasteiger partial charge in [0.25, 0.3) is 5.91 Å². The number of carbonyl (C=O) groups is 1. The molecule has 31 heavy (non-hydrogen) atoms. The number of hydrogen-bond acceptors (Lipinski definition) is 6. The second kappa shape index (κ2) is 10.4. The van der Waals surface area contributed by atoms with Gasteiger partial charge in [-0.2, -0.15) is 5.26 Å². The van der Waals surface area contributed by atoms with Crippen molar-refractivity contribution < 1.29 is 19.0 Å². The van der Waals surface area contributed by atoms with Crippen molar-refractivity contribution in [2.75, 3.05) is 51.9 Å². The van der Waals surface area contributed by atoms with Gasteiger partial charge in [0.15, 0.2) is 11.5 Å². The van der Waals surface area contributed by atoms with Crippen molar-refractivity contribution in [2.45, 2.75) is 6.92 Å². The lowest BCUT2D eigenvalue weighted by Gasteiger charge is -2.36. The molecule has 0 aliphatic carbocycles. The van der Waals surface area contributed by atoms with Crippen molar-refractivity contribution in [3.63, 3.8) is 0 Å². The van der Waals surface area contributed by atoms with E-state index in [0.717, 1.165) is 11.4 Å². The van der Waals surface area contributed by atoms with Crippen molar-refractivity contribution in [1.82, 2.24) is 4.90 Å². The molecular formula is C24H27N3O4. The Kier molecular flexibility index (Phi) is 7.39. The smallest absolute Gasteiger partial charge is 0.264 e. The van der Waals surface area contributed by atoms with Crippen LogP contribution in [0.3, 0.4) is 0 Å². The van der Waals surface area contributed by atoms with Crippen molar-refractivity contribution >= 4 is 17.7 Å². The number of methoxy groups -OCH3 is 2. The van der Waals surface area contributed by atoms with Crippen LogP contribution in [0.15, 0.2) is 48.0 Å². The van der Waals surface area contributed by atoms with Crippen LogP contribution in [0.25, 0.3) is 6.08 Å². The minimum Gasteiger partial charge on any atom is -0.497 e. The van der Waals surface area contributed by atoms with Crippen LogP contribution in [0.4, 0.5) is 5.69 Å². The molecule has 0 N–H and O–H groups in total. The predicted molar refractivity (Wildman–Crippen MR) is 120 cm³/mol.